The molecule has 4 nitrogen and oxygen atoms in total. The Morgan fingerprint density at radius 1 is 1.56 bits per heavy atom. The van der Waals surface area contributed by atoms with Crippen LogP contribution in [0.15, 0.2) is 6.20 Å². The van der Waals surface area contributed by atoms with Gasteiger partial charge in [-0.05, 0) is 13.3 Å². The minimum Gasteiger partial charge on any atom is -0.346 e. The monoisotopic (exact) mass is 263 g/mol. The Labute approximate surface area is 103 Å². The van der Waals surface area contributed by atoms with Crippen LogP contribution in [0.25, 0.3) is 0 Å². The molecule has 1 heterocycles. The van der Waals surface area contributed by atoms with E-state index >= 15 is 0 Å². The first-order valence-electron chi connectivity index (χ1n) is 5.69. The van der Waals surface area contributed by atoms with Crippen molar-refractivity contribution in [3.63, 3.8) is 0 Å². The molecule has 1 atom stereocenters. The molecule has 2 N–H and O–H groups in total. The maximum Gasteiger partial charge on any atom is 0.389 e. The van der Waals surface area contributed by atoms with Gasteiger partial charge in [-0.3, -0.25) is 4.79 Å². The number of amides is 1. The second-order valence-corrected chi connectivity index (χ2v) is 4.09. The van der Waals surface area contributed by atoms with Crippen LogP contribution in [0.5, 0.6) is 0 Å². The normalized spacial score (nSPS) is 13.4. The molecule has 0 bridgehead atoms. The van der Waals surface area contributed by atoms with Crippen LogP contribution in [-0.4, -0.2) is 22.1 Å². The number of hydrogen-bond acceptors (Lipinski definition) is 2. The molecule has 0 fully saturated rings. The van der Waals surface area contributed by atoms with Crippen molar-refractivity contribution in [1.82, 2.24) is 15.3 Å². The number of hydrogen-bond donors (Lipinski definition) is 2. The third-order valence-electron chi connectivity index (χ3n) is 2.43. The van der Waals surface area contributed by atoms with Gasteiger partial charge >= 0.3 is 6.18 Å². The van der Waals surface area contributed by atoms with E-state index in [1.807, 2.05) is 13.8 Å². The number of rotatable bonds is 5. The van der Waals surface area contributed by atoms with Crippen molar-refractivity contribution in [2.75, 3.05) is 0 Å². The van der Waals surface area contributed by atoms with Crippen molar-refractivity contribution in [3.05, 3.63) is 17.7 Å². The van der Waals surface area contributed by atoms with Gasteiger partial charge in [-0.1, -0.05) is 6.92 Å². The third kappa shape index (κ3) is 4.77. The number of H-pyrrole nitrogens is 1. The van der Waals surface area contributed by atoms with Crippen LogP contribution in [-0.2, 0) is 4.79 Å². The van der Waals surface area contributed by atoms with Crippen LogP contribution in [0.1, 0.15) is 43.7 Å². The Hall–Kier alpha value is -1.53. The molecule has 0 aliphatic carbocycles. The quantitative estimate of drug-likeness (QED) is 0.858. The lowest BCUT2D eigenvalue weighted by molar-refractivity contribution is -0.144. The molecule has 1 aromatic heterocycles. The maximum absolute atomic E-state index is 12.0. The standard InChI is InChI=1S/C11H16F3N3O/c1-3-8(10-15-6-7(2)16-10)17-9(18)4-5-11(12,13)14/h6,8H,3-5H2,1-2H3,(H,15,16)(H,17,18). The lowest BCUT2D eigenvalue weighted by atomic mass is 10.2. The number of alkyl halides is 3. The van der Waals surface area contributed by atoms with Crippen molar-refractivity contribution in [3.8, 4) is 0 Å². The number of aryl methyl sites for hydroxylation is 1. The predicted octanol–water partition coefficient (Wildman–Crippen LogP) is 2.63. The van der Waals surface area contributed by atoms with Gasteiger partial charge in [0.2, 0.25) is 5.91 Å². The molecule has 0 radical (unpaired) electrons. The first-order valence-corrected chi connectivity index (χ1v) is 5.69. The molecular formula is C11H16F3N3O. The van der Waals surface area contributed by atoms with Crippen LogP contribution < -0.4 is 5.32 Å². The van der Waals surface area contributed by atoms with Crippen molar-refractivity contribution in [1.29, 1.82) is 0 Å². The molecule has 0 aliphatic heterocycles. The highest BCUT2D eigenvalue weighted by Gasteiger charge is 2.28. The van der Waals surface area contributed by atoms with Gasteiger partial charge in [-0.2, -0.15) is 13.2 Å². The van der Waals surface area contributed by atoms with Gasteiger partial charge in [-0.15, -0.1) is 0 Å². The molecule has 0 spiro atoms. The van der Waals surface area contributed by atoms with Crippen LogP contribution in [0.3, 0.4) is 0 Å². The summed E-state index contributed by atoms with van der Waals surface area (Å²) < 4.78 is 35.9. The number of carbonyl (C=O) groups excluding carboxylic acids is 1. The third-order valence-corrected chi connectivity index (χ3v) is 2.43. The van der Waals surface area contributed by atoms with Gasteiger partial charge in [0.05, 0.1) is 12.5 Å². The molecule has 0 aliphatic rings. The summed E-state index contributed by atoms with van der Waals surface area (Å²) in [5.41, 5.74) is 0.841. The first kappa shape index (κ1) is 14.5. The highest BCUT2D eigenvalue weighted by atomic mass is 19.4. The molecule has 1 aromatic rings. The molecule has 0 aromatic carbocycles. The Bertz CT molecular complexity index is 400. The van der Waals surface area contributed by atoms with Crippen LogP contribution in [0.2, 0.25) is 0 Å². The lowest BCUT2D eigenvalue weighted by Gasteiger charge is -2.15. The van der Waals surface area contributed by atoms with Gasteiger partial charge in [-0.25, -0.2) is 4.98 Å². The van der Waals surface area contributed by atoms with E-state index in [2.05, 4.69) is 15.3 Å². The molecule has 18 heavy (non-hydrogen) atoms. The van der Waals surface area contributed by atoms with E-state index in [0.717, 1.165) is 5.69 Å². The molecule has 7 heteroatoms. The topological polar surface area (TPSA) is 57.8 Å². The Morgan fingerprint density at radius 2 is 2.22 bits per heavy atom. The summed E-state index contributed by atoms with van der Waals surface area (Å²) in [6, 6.07) is -0.376. The summed E-state index contributed by atoms with van der Waals surface area (Å²) in [5, 5.41) is 2.54. The number of nitrogens with zero attached hydrogens (tertiary/aromatic N) is 1. The minimum atomic E-state index is -4.31. The SMILES string of the molecule is CCC(NC(=O)CCC(F)(F)F)c1ncc(C)[nH]1. The number of carbonyl (C=O) groups is 1. The first-order chi connectivity index (χ1) is 8.31. The lowest BCUT2D eigenvalue weighted by Crippen LogP contribution is -2.29. The molecule has 1 unspecified atom stereocenters. The molecule has 1 amide bonds. The van der Waals surface area contributed by atoms with Crippen LogP contribution in [0, 0.1) is 6.92 Å². The van der Waals surface area contributed by atoms with Gasteiger partial charge < -0.3 is 10.3 Å². The average Bonchev–Trinajstić information content (AvgIpc) is 2.69. The summed E-state index contributed by atoms with van der Waals surface area (Å²) in [7, 11) is 0. The number of halogens is 3. The molecule has 1 rings (SSSR count). The molecule has 102 valence electrons. The Kier molecular flexibility index (Phi) is 4.75. The van der Waals surface area contributed by atoms with Crippen molar-refractivity contribution in [2.45, 2.75) is 45.3 Å². The highest BCUT2D eigenvalue weighted by molar-refractivity contribution is 5.76. The van der Waals surface area contributed by atoms with E-state index in [9.17, 15) is 18.0 Å². The zero-order valence-electron chi connectivity index (χ0n) is 10.3. The van der Waals surface area contributed by atoms with E-state index in [1.54, 1.807) is 6.20 Å². The van der Waals surface area contributed by atoms with Crippen LogP contribution in [0.4, 0.5) is 13.2 Å². The number of nitrogens with one attached hydrogen (secondary N) is 2. The summed E-state index contributed by atoms with van der Waals surface area (Å²) in [6.07, 6.45) is -3.79. The zero-order valence-corrected chi connectivity index (χ0v) is 10.3. The maximum atomic E-state index is 12.0. The summed E-state index contributed by atoms with van der Waals surface area (Å²) in [4.78, 5) is 18.4. The van der Waals surface area contributed by atoms with Crippen molar-refractivity contribution < 1.29 is 18.0 Å². The fraction of sp³-hybridized carbons (Fsp3) is 0.636. The van der Waals surface area contributed by atoms with Crippen LogP contribution >= 0.6 is 0 Å². The Balaban J connectivity index is 2.51. The smallest absolute Gasteiger partial charge is 0.346 e. The summed E-state index contributed by atoms with van der Waals surface area (Å²) >= 11 is 0. The van der Waals surface area contributed by atoms with E-state index in [0.29, 0.717) is 12.2 Å². The second kappa shape index (κ2) is 5.88. The van der Waals surface area contributed by atoms with Crippen molar-refractivity contribution >= 4 is 5.91 Å². The van der Waals surface area contributed by atoms with Gasteiger partial charge in [0.25, 0.3) is 0 Å². The molecule has 0 saturated carbocycles. The summed E-state index contributed by atoms with van der Waals surface area (Å²) in [5.74, 6) is -0.0522. The van der Waals surface area contributed by atoms with E-state index in [1.165, 1.54) is 0 Å². The number of aromatic amines is 1. The van der Waals surface area contributed by atoms with E-state index in [4.69, 9.17) is 0 Å². The minimum absolute atomic E-state index is 0.376. The number of aromatic nitrogens is 2. The zero-order chi connectivity index (χ0) is 13.8. The fourth-order valence-electron chi connectivity index (χ4n) is 1.50. The average molecular weight is 263 g/mol. The Morgan fingerprint density at radius 3 is 2.67 bits per heavy atom. The fourth-order valence-corrected chi connectivity index (χ4v) is 1.50. The van der Waals surface area contributed by atoms with Gasteiger partial charge in [0.15, 0.2) is 0 Å². The predicted molar refractivity (Wildman–Crippen MR) is 59.8 cm³/mol. The van der Waals surface area contributed by atoms with Crippen molar-refractivity contribution in [2.24, 2.45) is 0 Å². The molecular weight excluding hydrogens is 247 g/mol. The molecule has 0 saturated heterocycles. The second-order valence-electron chi connectivity index (χ2n) is 4.09. The van der Waals surface area contributed by atoms with E-state index in [-0.39, 0.29) is 6.04 Å². The van der Waals surface area contributed by atoms with E-state index < -0.39 is 24.9 Å². The number of imidazole rings is 1. The highest BCUT2D eigenvalue weighted by Crippen LogP contribution is 2.21. The van der Waals surface area contributed by atoms with Gasteiger partial charge in [0.1, 0.15) is 5.82 Å². The largest absolute Gasteiger partial charge is 0.389 e. The van der Waals surface area contributed by atoms with Gasteiger partial charge in [0, 0.05) is 18.3 Å². The summed E-state index contributed by atoms with van der Waals surface area (Å²) in [6.45, 7) is 3.64.